The number of rotatable bonds is 5. The van der Waals surface area contributed by atoms with Gasteiger partial charge in [0.05, 0.1) is 14.1 Å². The lowest BCUT2D eigenvalue weighted by molar-refractivity contribution is 0.537. The third-order valence-corrected chi connectivity index (χ3v) is 6.06. The molecule has 114 valence electrons. The summed E-state index contributed by atoms with van der Waals surface area (Å²) < 4.78 is 0. The summed E-state index contributed by atoms with van der Waals surface area (Å²) in [5.41, 5.74) is 2.41. The zero-order valence-corrected chi connectivity index (χ0v) is 14.9. The largest absolute Gasteiger partial charge is 0.293 e. The molecule has 2 aromatic carbocycles. The lowest BCUT2D eigenvalue weighted by Crippen LogP contribution is -2.37. The summed E-state index contributed by atoms with van der Waals surface area (Å²) in [4.78, 5) is 0. The van der Waals surface area contributed by atoms with Crippen molar-refractivity contribution in [2.75, 3.05) is 0 Å². The van der Waals surface area contributed by atoms with E-state index in [0.29, 0.717) is 0 Å². The van der Waals surface area contributed by atoms with Crippen LogP contribution in [0, 0.1) is 12.3 Å². The first-order valence-corrected chi connectivity index (χ1v) is 11.3. The molecule has 2 heteroatoms. The van der Waals surface area contributed by atoms with Crippen LogP contribution in [-0.4, -0.2) is 8.07 Å². The van der Waals surface area contributed by atoms with E-state index < -0.39 is 8.07 Å². The van der Waals surface area contributed by atoms with Crippen LogP contribution in [0.2, 0.25) is 19.6 Å². The molecular weight excluding hydrogens is 282 g/mol. The van der Waals surface area contributed by atoms with Gasteiger partial charge in [-0.25, -0.2) is 0 Å². The molecular formula is C20H25NSi. The van der Waals surface area contributed by atoms with Crippen LogP contribution in [0.1, 0.15) is 30.1 Å². The molecule has 0 saturated carbocycles. The minimum atomic E-state index is -1.26. The van der Waals surface area contributed by atoms with Gasteiger partial charge >= 0.3 is 0 Å². The van der Waals surface area contributed by atoms with Gasteiger partial charge in [0.2, 0.25) is 0 Å². The third kappa shape index (κ3) is 4.10. The van der Waals surface area contributed by atoms with E-state index >= 15 is 0 Å². The SMILES string of the molecule is C#CC(NC(C)c1ccccc1)c1ccc([Si](C)(C)C)cc1. The van der Waals surface area contributed by atoms with Gasteiger partial charge in [-0.3, -0.25) is 5.32 Å². The van der Waals surface area contributed by atoms with Crippen LogP contribution in [0.4, 0.5) is 0 Å². The summed E-state index contributed by atoms with van der Waals surface area (Å²) in [7, 11) is -1.26. The highest BCUT2D eigenvalue weighted by molar-refractivity contribution is 6.88. The lowest BCUT2D eigenvalue weighted by atomic mass is 10.0. The highest BCUT2D eigenvalue weighted by Gasteiger charge is 2.17. The Morgan fingerprint density at radius 2 is 1.50 bits per heavy atom. The molecule has 0 aliphatic rings. The van der Waals surface area contributed by atoms with Gasteiger partial charge in [0.15, 0.2) is 0 Å². The van der Waals surface area contributed by atoms with E-state index in [1.54, 1.807) is 0 Å². The standard InChI is InChI=1S/C20H25NSi/c1-6-20(21-16(2)17-10-8-7-9-11-17)18-12-14-19(15-13-18)22(3,4)5/h1,7-16,20-21H,2-5H3. The van der Waals surface area contributed by atoms with Crippen molar-refractivity contribution in [2.45, 2.75) is 38.6 Å². The number of hydrogen-bond donors (Lipinski definition) is 1. The van der Waals surface area contributed by atoms with E-state index in [2.05, 4.69) is 86.3 Å². The monoisotopic (exact) mass is 307 g/mol. The average molecular weight is 308 g/mol. The maximum absolute atomic E-state index is 5.75. The minimum Gasteiger partial charge on any atom is -0.293 e. The Balaban J connectivity index is 2.14. The predicted molar refractivity (Wildman–Crippen MR) is 99.0 cm³/mol. The van der Waals surface area contributed by atoms with Crippen molar-refractivity contribution in [3.63, 3.8) is 0 Å². The summed E-state index contributed by atoms with van der Waals surface area (Å²) in [6, 6.07) is 19.4. The number of hydrogen-bond acceptors (Lipinski definition) is 1. The molecule has 0 aliphatic carbocycles. The van der Waals surface area contributed by atoms with Crippen molar-refractivity contribution in [2.24, 2.45) is 0 Å². The quantitative estimate of drug-likeness (QED) is 0.643. The van der Waals surface area contributed by atoms with Crippen LogP contribution in [0.15, 0.2) is 54.6 Å². The maximum Gasteiger partial charge on any atom is 0.0947 e. The zero-order valence-electron chi connectivity index (χ0n) is 13.9. The van der Waals surface area contributed by atoms with Gasteiger partial charge in [-0.15, -0.1) is 6.42 Å². The van der Waals surface area contributed by atoms with E-state index in [4.69, 9.17) is 6.42 Å². The molecule has 0 amide bonds. The molecule has 0 radical (unpaired) electrons. The van der Waals surface area contributed by atoms with Crippen molar-refractivity contribution in [3.8, 4) is 12.3 Å². The van der Waals surface area contributed by atoms with E-state index in [1.165, 1.54) is 10.8 Å². The lowest BCUT2D eigenvalue weighted by Gasteiger charge is -2.22. The molecule has 0 aromatic heterocycles. The van der Waals surface area contributed by atoms with Crippen LogP contribution in [-0.2, 0) is 0 Å². The second kappa shape index (κ2) is 6.96. The van der Waals surface area contributed by atoms with Crippen molar-refractivity contribution < 1.29 is 0 Å². The summed E-state index contributed by atoms with van der Waals surface area (Å²) in [6.45, 7) is 9.22. The molecule has 1 nitrogen and oxygen atoms in total. The topological polar surface area (TPSA) is 12.0 Å². The van der Waals surface area contributed by atoms with Gasteiger partial charge in [-0.1, -0.05) is 85.3 Å². The van der Waals surface area contributed by atoms with Gasteiger partial charge in [0, 0.05) is 6.04 Å². The smallest absolute Gasteiger partial charge is 0.0947 e. The van der Waals surface area contributed by atoms with Gasteiger partial charge in [-0.05, 0) is 18.1 Å². The Labute approximate surface area is 135 Å². The second-order valence-corrected chi connectivity index (χ2v) is 11.8. The fraction of sp³-hybridized carbons (Fsp3) is 0.300. The van der Waals surface area contributed by atoms with Crippen LogP contribution in [0.3, 0.4) is 0 Å². The van der Waals surface area contributed by atoms with E-state index in [0.717, 1.165) is 5.56 Å². The van der Waals surface area contributed by atoms with Crippen LogP contribution < -0.4 is 10.5 Å². The molecule has 2 unspecified atom stereocenters. The van der Waals surface area contributed by atoms with E-state index in [1.807, 2.05) is 6.07 Å². The number of nitrogens with one attached hydrogen (secondary N) is 1. The summed E-state index contributed by atoms with van der Waals surface area (Å²) >= 11 is 0. The van der Waals surface area contributed by atoms with Gasteiger partial charge < -0.3 is 0 Å². The molecule has 1 N–H and O–H groups in total. The first-order chi connectivity index (χ1) is 10.4. The molecule has 0 spiro atoms. The first kappa shape index (κ1) is 16.5. The van der Waals surface area contributed by atoms with Gasteiger partial charge in [-0.2, -0.15) is 0 Å². The van der Waals surface area contributed by atoms with Crippen molar-refractivity contribution in [1.29, 1.82) is 0 Å². The average Bonchev–Trinajstić information content (AvgIpc) is 2.52. The van der Waals surface area contributed by atoms with Crippen LogP contribution in [0.25, 0.3) is 0 Å². The molecule has 2 atom stereocenters. The Bertz CT molecular complexity index is 632. The molecule has 0 bridgehead atoms. The molecule has 22 heavy (non-hydrogen) atoms. The Morgan fingerprint density at radius 3 is 2.00 bits per heavy atom. The van der Waals surface area contributed by atoms with Crippen LogP contribution in [0.5, 0.6) is 0 Å². The van der Waals surface area contributed by atoms with Crippen molar-refractivity contribution in [3.05, 3.63) is 65.7 Å². The summed E-state index contributed by atoms with van der Waals surface area (Å²) in [6.07, 6.45) is 5.75. The van der Waals surface area contributed by atoms with Gasteiger partial charge in [0.1, 0.15) is 0 Å². The fourth-order valence-corrected chi connectivity index (χ4v) is 3.67. The number of terminal acetylenes is 1. The Kier molecular flexibility index (Phi) is 5.23. The highest BCUT2D eigenvalue weighted by atomic mass is 28.3. The Hall–Kier alpha value is -1.82. The fourth-order valence-electron chi connectivity index (χ4n) is 2.50. The maximum atomic E-state index is 5.75. The van der Waals surface area contributed by atoms with E-state index in [-0.39, 0.29) is 12.1 Å². The summed E-state index contributed by atoms with van der Waals surface area (Å²) in [5.74, 6) is 2.88. The molecule has 2 aromatic rings. The van der Waals surface area contributed by atoms with Crippen molar-refractivity contribution in [1.82, 2.24) is 5.32 Å². The molecule has 0 heterocycles. The highest BCUT2D eigenvalue weighted by Crippen LogP contribution is 2.19. The normalized spacial score (nSPS) is 14.1. The van der Waals surface area contributed by atoms with Crippen molar-refractivity contribution >= 4 is 13.3 Å². The molecule has 0 aliphatic heterocycles. The zero-order chi connectivity index (χ0) is 16.2. The summed E-state index contributed by atoms with van der Waals surface area (Å²) in [5, 5.41) is 4.99. The second-order valence-electron chi connectivity index (χ2n) is 6.77. The predicted octanol–water partition coefficient (Wildman–Crippen LogP) is 4.26. The molecule has 0 fully saturated rings. The Morgan fingerprint density at radius 1 is 0.909 bits per heavy atom. The molecule has 2 rings (SSSR count). The van der Waals surface area contributed by atoms with E-state index in [9.17, 15) is 0 Å². The van der Waals surface area contributed by atoms with Crippen LogP contribution >= 0.6 is 0 Å². The third-order valence-electron chi connectivity index (χ3n) is 3.99. The minimum absolute atomic E-state index is 0.0640. The first-order valence-electron chi connectivity index (χ1n) is 7.79. The van der Waals surface area contributed by atoms with Gasteiger partial charge in [0.25, 0.3) is 0 Å². The number of benzene rings is 2. The molecule has 0 saturated heterocycles.